The van der Waals surface area contributed by atoms with Crippen LogP contribution >= 0.6 is 0 Å². The highest BCUT2D eigenvalue weighted by molar-refractivity contribution is 6.27. The molecule has 0 aromatic rings. The predicted octanol–water partition coefficient (Wildman–Crippen LogP) is 2.81. The van der Waals surface area contributed by atoms with Gasteiger partial charge in [-0.1, -0.05) is 38.8 Å². The van der Waals surface area contributed by atoms with Gasteiger partial charge in [-0.15, -0.1) is 0 Å². The van der Waals surface area contributed by atoms with Crippen LogP contribution in [0.2, 0.25) is 6.04 Å². The molecule has 0 aromatic carbocycles. The second kappa shape index (κ2) is 9.92. The Bertz CT molecular complexity index is 91.6. The maximum Gasteiger partial charge on any atom is 0.230 e. The Morgan fingerprint density at radius 3 is 2.73 bits per heavy atom. The molecule has 0 rings (SSSR count). The van der Waals surface area contributed by atoms with E-state index in [-0.39, 0.29) is 0 Å². The highest BCUT2D eigenvalue weighted by Crippen LogP contribution is 1.93. The third-order valence-corrected chi connectivity index (χ3v) is 2.24. The van der Waals surface area contributed by atoms with E-state index in [1.54, 1.807) is 0 Å². The van der Waals surface area contributed by atoms with Crippen LogP contribution in [0.1, 0.15) is 33.1 Å². The molecule has 0 atom stereocenters. The zero-order chi connectivity index (χ0) is 8.36. The second-order valence-corrected chi connectivity index (χ2v) is 3.52. The lowest BCUT2D eigenvalue weighted by Crippen LogP contribution is -1.97. The third-order valence-electron chi connectivity index (χ3n) is 1.32. The van der Waals surface area contributed by atoms with Gasteiger partial charge >= 0.3 is 0 Å². The summed E-state index contributed by atoms with van der Waals surface area (Å²) in [6.45, 7) is 5.15. The molecule has 2 heteroatoms. The molecule has 64 valence electrons. The molecule has 1 nitrogen and oxygen atoms in total. The maximum atomic E-state index is 5.38. The minimum absolute atomic E-state index is 0.699. The molecule has 11 heavy (non-hydrogen) atoms. The van der Waals surface area contributed by atoms with Crippen LogP contribution in [-0.4, -0.2) is 16.4 Å². The lowest BCUT2D eigenvalue weighted by molar-refractivity contribution is 0.383. The average molecular weight is 170 g/mol. The van der Waals surface area contributed by atoms with Gasteiger partial charge in [-0.2, -0.15) is 0 Å². The van der Waals surface area contributed by atoms with Gasteiger partial charge in [-0.25, -0.2) is 0 Å². The predicted molar refractivity (Wildman–Crippen MR) is 50.9 cm³/mol. The molecule has 0 spiro atoms. The highest BCUT2D eigenvalue weighted by atomic mass is 28.2. The molecule has 0 saturated heterocycles. The summed E-state index contributed by atoms with van der Waals surface area (Å²) in [5.41, 5.74) is 0. The number of hydrogen-bond acceptors (Lipinski definition) is 1. The van der Waals surface area contributed by atoms with Crippen molar-refractivity contribution in [2.24, 2.45) is 0 Å². The summed E-state index contributed by atoms with van der Waals surface area (Å²) < 4.78 is 5.38. The van der Waals surface area contributed by atoms with Crippen LogP contribution in [-0.2, 0) is 4.43 Å². The normalized spacial score (nSPS) is 11.1. The van der Waals surface area contributed by atoms with Gasteiger partial charge in [0.1, 0.15) is 0 Å². The first-order valence-corrected chi connectivity index (χ1v) is 5.53. The second-order valence-electron chi connectivity index (χ2n) is 2.44. The van der Waals surface area contributed by atoms with Crippen LogP contribution in [0.5, 0.6) is 0 Å². The molecule has 0 heterocycles. The topological polar surface area (TPSA) is 9.23 Å². The van der Waals surface area contributed by atoms with Crippen molar-refractivity contribution in [2.75, 3.05) is 6.61 Å². The van der Waals surface area contributed by atoms with Crippen LogP contribution in [0.15, 0.2) is 12.2 Å². The SMILES string of the molecule is CCC=CCO[Si]CCCC. The zero-order valence-electron chi connectivity index (χ0n) is 7.60. The van der Waals surface area contributed by atoms with Crippen LogP contribution in [0.25, 0.3) is 0 Å². The molecule has 0 N–H and O–H groups in total. The van der Waals surface area contributed by atoms with Gasteiger partial charge in [0.05, 0.1) is 6.61 Å². The molecule has 0 amide bonds. The zero-order valence-corrected chi connectivity index (χ0v) is 8.60. The Kier molecular flexibility index (Phi) is 9.84. The van der Waals surface area contributed by atoms with E-state index < -0.39 is 0 Å². The summed E-state index contributed by atoms with van der Waals surface area (Å²) in [7, 11) is 0.699. The fraction of sp³-hybridized carbons (Fsp3) is 0.778. The maximum absolute atomic E-state index is 5.38. The monoisotopic (exact) mass is 170 g/mol. The molecule has 0 aromatic heterocycles. The van der Waals surface area contributed by atoms with Crippen LogP contribution in [0.4, 0.5) is 0 Å². The molecular formula is C9H18OSi. The quantitative estimate of drug-likeness (QED) is 0.324. The van der Waals surface area contributed by atoms with Gasteiger partial charge < -0.3 is 4.43 Å². The van der Waals surface area contributed by atoms with Crippen LogP contribution < -0.4 is 0 Å². The van der Waals surface area contributed by atoms with Gasteiger partial charge in [0.25, 0.3) is 0 Å². The fourth-order valence-corrected chi connectivity index (χ4v) is 1.52. The Hall–Kier alpha value is -0.0831. The van der Waals surface area contributed by atoms with Crippen LogP contribution in [0, 0.1) is 0 Å². The van der Waals surface area contributed by atoms with E-state index in [4.69, 9.17) is 4.43 Å². The van der Waals surface area contributed by atoms with Gasteiger partial charge in [-0.05, 0) is 12.5 Å². The molecule has 0 aliphatic heterocycles. The lowest BCUT2D eigenvalue weighted by Gasteiger charge is -1.96. The van der Waals surface area contributed by atoms with Crippen molar-refractivity contribution in [3.8, 4) is 0 Å². The van der Waals surface area contributed by atoms with Gasteiger partial charge in [0.15, 0.2) is 0 Å². The molecule has 0 saturated carbocycles. The largest absolute Gasteiger partial charge is 0.414 e. The Morgan fingerprint density at radius 1 is 1.27 bits per heavy atom. The van der Waals surface area contributed by atoms with Gasteiger partial charge in [0, 0.05) is 0 Å². The van der Waals surface area contributed by atoms with E-state index in [2.05, 4.69) is 26.0 Å². The fourth-order valence-electron chi connectivity index (χ4n) is 0.663. The van der Waals surface area contributed by atoms with Gasteiger partial charge in [-0.3, -0.25) is 0 Å². The Labute approximate surface area is 72.8 Å². The van der Waals surface area contributed by atoms with Crippen molar-refractivity contribution < 1.29 is 4.43 Å². The smallest absolute Gasteiger partial charge is 0.230 e. The first-order chi connectivity index (χ1) is 5.41. The summed E-state index contributed by atoms with van der Waals surface area (Å²) in [5.74, 6) is 0. The minimum atomic E-state index is 0.699. The van der Waals surface area contributed by atoms with E-state index in [0.29, 0.717) is 9.76 Å². The number of hydrogen-bond donors (Lipinski definition) is 0. The summed E-state index contributed by atoms with van der Waals surface area (Å²) in [6.07, 6.45) is 7.93. The van der Waals surface area contributed by atoms with Crippen molar-refractivity contribution in [2.45, 2.75) is 39.2 Å². The van der Waals surface area contributed by atoms with Crippen molar-refractivity contribution in [3.05, 3.63) is 12.2 Å². The van der Waals surface area contributed by atoms with E-state index in [1.807, 2.05) is 0 Å². The van der Waals surface area contributed by atoms with Crippen molar-refractivity contribution in [1.82, 2.24) is 0 Å². The third kappa shape index (κ3) is 9.92. The summed E-state index contributed by atoms with van der Waals surface area (Å²) >= 11 is 0. The molecule has 2 radical (unpaired) electrons. The molecule has 0 aliphatic rings. The number of allylic oxidation sites excluding steroid dienone is 1. The first-order valence-electron chi connectivity index (χ1n) is 4.41. The van der Waals surface area contributed by atoms with E-state index in [1.165, 1.54) is 18.9 Å². The van der Waals surface area contributed by atoms with E-state index in [0.717, 1.165) is 13.0 Å². The number of unbranched alkanes of at least 4 members (excludes halogenated alkanes) is 1. The summed E-state index contributed by atoms with van der Waals surface area (Å²) in [4.78, 5) is 0. The molecular weight excluding hydrogens is 152 g/mol. The summed E-state index contributed by atoms with van der Waals surface area (Å²) in [6, 6.07) is 1.23. The van der Waals surface area contributed by atoms with Crippen molar-refractivity contribution in [1.29, 1.82) is 0 Å². The lowest BCUT2D eigenvalue weighted by atomic mass is 10.4. The molecule has 0 aliphatic carbocycles. The number of rotatable bonds is 7. The molecule has 0 fully saturated rings. The summed E-state index contributed by atoms with van der Waals surface area (Å²) in [5, 5.41) is 0. The van der Waals surface area contributed by atoms with E-state index in [9.17, 15) is 0 Å². The first kappa shape index (κ1) is 10.9. The standard InChI is InChI=1S/C9H18OSi/c1-3-5-7-8-10-11-9-6-4-2/h5,7H,3-4,6,8-9H2,1-2H3. The van der Waals surface area contributed by atoms with Gasteiger partial charge in [0.2, 0.25) is 9.76 Å². The minimum Gasteiger partial charge on any atom is -0.414 e. The Morgan fingerprint density at radius 2 is 2.09 bits per heavy atom. The van der Waals surface area contributed by atoms with Crippen molar-refractivity contribution in [3.63, 3.8) is 0 Å². The average Bonchev–Trinajstić information content (AvgIpc) is 2.03. The Balaban J connectivity index is 2.85. The van der Waals surface area contributed by atoms with Crippen molar-refractivity contribution >= 4 is 9.76 Å². The highest BCUT2D eigenvalue weighted by Gasteiger charge is 1.87. The van der Waals surface area contributed by atoms with Crippen LogP contribution in [0.3, 0.4) is 0 Å². The van der Waals surface area contributed by atoms with E-state index >= 15 is 0 Å². The molecule has 0 unspecified atom stereocenters. The molecule has 0 bridgehead atoms.